The molecule has 1 saturated heterocycles. The van der Waals surface area contributed by atoms with Gasteiger partial charge < -0.3 is 10.1 Å². The Labute approximate surface area is 99.6 Å². The molecule has 2 rings (SSSR count). The Balaban J connectivity index is 0.00000112. The zero-order chi connectivity index (χ0) is 9.86. The largest absolute Gasteiger partial charge is 0.378 e. The summed E-state index contributed by atoms with van der Waals surface area (Å²) in [4.78, 5) is 0. The Morgan fingerprint density at radius 1 is 1.07 bits per heavy atom. The lowest BCUT2D eigenvalue weighted by Gasteiger charge is -2.44. The van der Waals surface area contributed by atoms with E-state index in [1.807, 2.05) is 7.11 Å². The summed E-state index contributed by atoms with van der Waals surface area (Å²) in [5.74, 6) is 0.836. The van der Waals surface area contributed by atoms with Crippen LogP contribution in [0.2, 0.25) is 0 Å². The molecule has 2 nitrogen and oxygen atoms in total. The third kappa shape index (κ3) is 2.86. The molecule has 0 bridgehead atoms. The van der Waals surface area contributed by atoms with Crippen LogP contribution in [-0.4, -0.2) is 25.8 Å². The van der Waals surface area contributed by atoms with Gasteiger partial charge in [-0.2, -0.15) is 0 Å². The van der Waals surface area contributed by atoms with Gasteiger partial charge in [0, 0.05) is 7.11 Å². The van der Waals surface area contributed by atoms with Crippen LogP contribution in [-0.2, 0) is 4.74 Å². The maximum atomic E-state index is 5.88. The molecule has 0 spiro atoms. The highest BCUT2D eigenvalue weighted by Gasteiger charge is 2.39. The highest BCUT2D eigenvalue weighted by molar-refractivity contribution is 5.85. The van der Waals surface area contributed by atoms with Crippen molar-refractivity contribution >= 4 is 12.4 Å². The van der Waals surface area contributed by atoms with E-state index >= 15 is 0 Å². The van der Waals surface area contributed by atoms with E-state index in [9.17, 15) is 0 Å². The fraction of sp³-hybridized carbons (Fsp3) is 1.00. The third-order valence-electron chi connectivity index (χ3n) is 4.21. The Kier molecular flexibility index (Phi) is 5.37. The quantitative estimate of drug-likeness (QED) is 0.792. The summed E-state index contributed by atoms with van der Waals surface area (Å²) < 4.78 is 5.88. The van der Waals surface area contributed by atoms with Crippen LogP contribution in [0.15, 0.2) is 0 Å². The molecule has 0 aromatic heterocycles. The Hall–Kier alpha value is 0.210. The predicted molar refractivity (Wildman–Crippen MR) is 65.7 cm³/mol. The maximum absolute atomic E-state index is 5.88. The molecular formula is C12H24ClNO. The lowest BCUT2D eigenvalue weighted by atomic mass is 9.72. The normalized spacial score (nSPS) is 27.0. The van der Waals surface area contributed by atoms with Crippen LogP contribution in [0.5, 0.6) is 0 Å². The zero-order valence-electron chi connectivity index (χ0n) is 9.76. The van der Waals surface area contributed by atoms with Gasteiger partial charge in [-0.15, -0.1) is 12.4 Å². The Morgan fingerprint density at radius 2 is 1.67 bits per heavy atom. The van der Waals surface area contributed by atoms with E-state index in [1.165, 1.54) is 44.9 Å². The van der Waals surface area contributed by atoms with Gasteiger partial charge in [-0.3, -0.25) is 0 Å². The number of rotatable bonds is 2. The molecule has 0 unspecified atom stereocenters. The summed E-state index contributed by atoms with van der Waals surface area (Å²) >= 11 is 0. The smallest absolute Gasteiger partial charge is 0.0730 e. The molecule has 0 radical (unpaired) electrons. The zero-order valence-corrected chi connectivity index (χ0v) is 10.6. The summed E-state index contributed by atoms with van der Waals surface area (Å²) in [6.45, 7) is 2.29. The van der Waals surface area contributed by atoms with E-state index in [0.717, 1.165) is 19.0 Å². The van der Waals surface area contributed by atoms with E-state index in [2.05, 4.69) is 5.32 Å². The van der Waals surface area contributed by atoms with Crippen molar-refractivity contribution in [1.82, 2.24) is 5.32 Å². The minimum Gasteiger partial charge on any atom is -0.378 e. The molecule has 2 aliphatic rings. The summed E-state index contributed by atoms with van der Waals surface area (Å²) in [7, 11) is 1.92. The van der Waals surface area contributed by atoms with Gasteiger partial charge >= 0.3 is 0 Å². The minimum absolute atomic E-state index is 0. The lowest BCUT2D eigenvalue weighted by Crippen LogP contribution is -2.49. The summed E-state index contributed by atoms with van der Waals surface area (Å²) in [5, 5.41) is 3.43. The monoisotopic (exact) mass is 233 g/mol. The molecule has 1 heterocycles. The molecule has 15 heavy (non-hydrogen) atoms. The first kappa shape index (κ1) is 13.3. The predicted octanol–water partition coefficient (Wildman–Crippen LogP) is 2.76. The number of piperidine rings is 1. The molecule has 2 fully saturated rings. The van der Waals surface area contributed by atoms with Gasteiger partial charge in [-0.1, -0.05) is 19.3 Å². The first-order chi connectivity index (χ1) is 6.87. The van der Waals surface area contributed by atoms with Crippen molar-refractivity contribution in [2.24, 2.45) is 5.92 Å². The second kappa shape index (κ2) is 6.07. The molecule has 1 aliphatic carbocycles. The summed E-state index contributed by atoms with van der Waals surface area (Å²) in [6.07, 6.45) is 9.50. The van der Waals surface area contributed by atoms with Crippen molar-refractivity contribution in [1.29, 1.82) is 0 Å². The standard InChI is InChI=1S/C12H23NO.ClH/c1-14-12(7-9-13-10-8-12)11-5-3-2-4-6-11;/h11,13H,2-10H2,1H3;1H. The summed E-state index contributed by atoms with van der Waals surface area (Å²) in [6, 6.07) is 0. The van der Waals surface area contributed by atoms with Crippen LogP contribution < -0.4 is 5.32 Å². The number of methoxy groups -OCH3 is 1. The van der Waals surface area contributed by atoms with Gasteiger partial charge in [0.25, 0.3) is 0 Å². The molecule has 1 N–H and O–H groups in total. The van der Waals surface area contributed by atoms with Crippen molar-refractivity contribution < 1.29 is 4.74 Å². The van der Waals surface area contributed by atoms with E-state index in [4.69, 9.17) is 4.74 Å². The Bertz CT molecular complexity index is 174. The number of ether oxygens (including phenoxy) is 1. The highest BCUT2D eigenvalue weighted by Crippen LogP contribution is 2.39. The van der Waals surface area contributed by atoms with Gasteiger partial charge in [-0.25, -0.2) is 0 Å². The van der Waals surface area contributed by atoms with Crippen LogP contribution in [0.25, 0.3) is 0 Å². The van der Waals surface area contributed by atoms with E-state index in [1.54, 1.807) is 0 Å². The van der Waals surface area contributed by atoms with Crippen LogP contribution in [0, 0.1) is 5.92 Å². The molecular weight excluding hydrogens is 210 g/mol. The third-order valence-corrected chi connectivity index (χ3v) is 4.21. The first-order valence-electron chi connectivity index (χ1n) is 6.13. The maximum Gasteiger partial charge on any atom is 0.0730 e. The molecule has 0 aromatic carbocycles. The number of nitrogens with one attached hydrogen (secondary N) is 1. The van der Waals surface area contributed by atoms with Crippen molar-refractivity contribution in [2.45, 2.75) is 50.5 Å². The molecule has 0 atom stereocenters. The van der Waals surface area contributed by atoms with Crippen LogP contribution in [0.3, 0.4) is 0 Å². The fourth-order valence-electron chi connectivity index (χ4n) is 3.26. The topological polar surface area (TPSA) is 21.3 Å². The minimum atomic E-state index is 0. The average Bonchev–Trinajstić information content (AvgIpc) is 2.31. The van der Waals surface area contributed by atoms with Gasteiger partial charge in [0.05, 0.1) is 5.60 Å². The van der Waals surface area contributed by atoms with Crippen molar-refractivity contribution in [3.05, 3.63) is 0 Å². The van der Waals surface area contributed by atoms with Gasteiger partial charge in [0.15, 0.2) is 0 Å². The first-order valence-corrected chi connectivity index (χ1v) is 6.13. The summed E-state index contributed by atoms with van der Waals surface area (Å²) in [5.41, 5.74) is 0.228. The van der Waals surface area contributed by atoms with Crippen LogP contribution in [0.4, 0.5) is 0 Å². The van der Waals surface area contributed by atoms with Crippen molar-refractivity contribution in [3.8, 4) is 0 Å². The number of hydrogen-bond acceptors (Lipinski definition) is 2. The lowest BCUT2D eigenvalue weighted by molar-refractivity contribution is -0.0891. The number of halogens is 1. The van der Waals surface area contributed by atoms with Crippen LogP contribution >= 0.6 is 12.4 Å². The molecule has 3 heteroatoms. The SMILES string of the molecule is COC1(C2CCCCC2)CCNCC1.Cl. The van der Waals surface area contributed by atoms with E-state index in [-0.39, 0.29) is 18.0 Å². The van der Waals surface area contributed by atoms with E-state index < -0.39 is 0 Å². The Morgan fingerprint density at radius 3 is 2.20 bits per heavy atom. The second-order valence-electron chi connectivity index (χ2n) is 4.85. The molecule has 1 saturated carbocycles. The fourth-order valence-corrected chi connectivity index (χ4v) is 3.26. The van der Waals surface area contributed by atoms with Gasteiger partial charge in [0.1, 0.15) is 0 Å². The second-order valence-corrected chi connectivity index (χ2v) is 4.85. The van der Waals surface area contributed by atoms with Crippen molar-refractivity contribution in [2.75, 3.05) is 20.2 Å². The van der Waals surface area contributed by atoms with Crippen molar-refractivity contribution in [3.63, 3.8) is 0 Å². The average molecular weight is 234 g/mol. The van der Waals surface area contributed by atoms with E-state index in [0.29, 0.717) is 0 Å². The molecule has 1 aliphatic heterocycles. The van der Waals surface area contributed by atoms with Gasteiger partial charge in [0.2, 0.25) is 0 Å². The van der Waals surface area contributed by atoms with Gasteiger partial charge in [-0.05, 0) is 44.7 Å². The number of hydrogen-bond donors (Lipinski definition) is 1. The molecule has 90 valence electrons. The molecule has 0 amide bonds. The molecule has 0 aromatic rings. The van der Waals surface area contributed by atoms with Crippen LogP contribution in [0.1, 0.15) is 44.9 Å². The highest BCUT2D eigenvalue weighted by atomic mass is 35.5.